The smallest absolute Gasteiger partial charge is 0.159 e. The number of imidazole rings is 1. The van der Waals surface area contributed by atoms with E-state index < -0.39 is 5.82 Å². The summed E-state index contributed by atoms with van der Waals surface area (Å²) in [5.74, 6) is 1.31. The molecule has 1 aliphatic heterocycles. The third-order valence-electron chi connectivity index (χ3n) is 7.62. The summed E-state index contributed by atoms with van der Waals surface area (Å²) < 4.78 is 26.7. The highest BCUT2D eigenvalue weighted by Crippen LogP contribution is 2.33. The zero-order valence-electron chi connectivity index (χ0n) is 24.5. The zero-order chi connectivity index (χ0) is 30.0. The molecule has 44 heavy (non-hydrogen) atoms. The summed E-state index contributed by atoms with van der Waals surface area (Å²) in [5.41, 5.74) is 5.45. The summed E-state index contributed by atoms with van der Waals surface area (Å²) in [5, 5.41) is 11.8. The number of likely N-dealkylation sites (N-methyl/N-ethyl adjacent to an activating group) is 1. The highest BCUT2D eigenvalue weighted by molar-refractivity contribution is 5.97. The number of hydrogen-bond donors (Lipinski definition) is 3. The minimum Gasteiger partial charge on any atom is -0.492 e. The second-order valence-corrected chi connectivity index (χ2v) is 11.1. The van der Waals surface area contributed by atoms with Crippen LogP contribution in [0.5, 0.6) is 11.5 Å². The first-order valence-corrected chi connectivity index (χ1v) is 14.6. The van der Waals surface area contributed by atoms with E-state index in [0.717, 1.165) is 59.4 Å². The lowest BCUT2D eigenvalue weighted by Crippen LogP contribution is -2.34. The molecule has 12 heteroatoms. The van der Waals surface area contributed by atoms with Crippen LogP contribution in [-0.4, -0.2) is 86.5 Å². The van der Waals surface area contributed by atoms with Crippen molar-refractivity contribution >= 4 is 21.9 Å². The lowest BCUT2D eigenvalue weighted by molar-refractivity contribution is 0.162. The minimum absolute atomic E-state index is 0.172. The van der Waals surface area contributed by atoms with Crippen LogP contribution in [0.3, 0.4) is 0 Å². The molecule has 3 N–H and O–H groups in total. The van der Waals surface area contributed by atoms with Crippen molar-refractivity contribution in [3.63, 3.8) is 0 Å². The first-order valence-electron chi connectivity index (χ1n) is 14.6. The number of aromatic nitrogens is 7. The summed E-state index contributed by atoms with van der Waals surface area (Å²) in [6.45, 7) is 3.06. The van der Waals surface area contributed by atoms with Gasteiger partial charge in [0.15, 0.2) is 5.82 Å². The van der Waals surface area contributed by atoms with Gasteiger partial charge in [-0.1, -0.05) is 0 Å². The molecule has 224 valence electrons. The van der Waals surface area contributed by atoms with Gasteiger partial charge < -0.3 is 24.7 Å². The number of halogens is 1. The maximum atomic E-state index is 14.6. The second-order valence-electron chi connectivity index (χ2n) is 11.1. The molecule has 0 atom stereocenters. The van der Waals surface area contributed by atoms with Crippen LogP contribution in [0.15, 0.2) is 61.2 Å². The number of nitrogens with one attached hydrogen (secondary N) is 3. The molecule has 0 radical (unpaired) electrons. The standard InChI is InChI=1S/C32H32FN9O2/c1-42(2)9-10-43-23-12-19(11-21(33)14-23)29-31-26(5-8-36-29)38-32(39-31)30-25-15-27(37-18-28(25)40-41-30)20-13-24(17-35-16-20)44-22-3-6-34-7-4-22/h5,8,11-18,22,34H,3-4,6-7,9-10H2,1-2H3,(H,38,39)(H,40,41). The largest absolute Gasteiger partial charge is 0.492 e. The average Bonchev–Trinajstić information content (AvgIpc) is 3.65. The van der Waals surface area contributed by atoms with Crippen LogP contribution in [0.4, 0.5) is 4.39 Å². The number of benzene rings is 1. The molecule has 0 bridgehead atoms. The predicted molar refractivity (Wildman–Crippen MR) is 166 cm³/mol. The summed E-state index contributed by atoms with van der Waals surface area (Å²) >= 11 is 0. The van der Waals surface area contributed by atoms with Gasteiger partial charge in [-0.3, -0.25) is 20.1 Å². The van der Waals surface area contributed by atoms with Crippen LogP contribution < -0.4 is 14.8 Å². The highest BCUT2D eigenvalue weighted by atomic mass is 19.1. The molecule has 1 aliphatic rings. The van der Waals surface area contributed by atoms with Crippen LogP contribution in [0.25, 0.3) is 56.0 Å². The van der Waals surface area contributed by atoms with Crippen molar-refractivity contribution in [1.29, 1.82) is 0 Å². The van der Waals surface area contributed by atoms with E-state index in [2.05, 4.69) is 35.5 Å². The van der Waals surface area contributed by atoms with E-state index in [9.17, 15) is 4.39 Å². The third-order valence-corrected chi connectivity index (χ3v) is 7.62. The molecular formula is C32H32FN9O2. The number of pyridine rings is 3. The molecule has 0 spiro atoms. The quantitative estimate of drug-likeness (QED) is 0.216. The van der Waals surface area contributed by atoms with Crippen molar-refractivity contribution in [3.8, 4) is 45.5 Å². The summed E-state index contributed by atoms with van der Waals surface area (Å²) in [4.78, 5) is 23.9. The van der Waals surface area contributed by atoms with E-state index in [0.29, 0.717) is 47.2 Å². The van der Waals surface area contributed by atoms with Crippen LogP contribution >= 0.6 is 0 Å². The molecule has 6 aromatic rings. The third kappa shape index (κ3) is 5.81. The van der Waals surface area contributed by atoms with Crippen molar-refractivity contribution in [2.75, 3.05) is 40.3 Å². The van der Waals surface area contributed by atoms with Crippen molar-refractivity contribution < 1.29 is 13.9 Å². The average molecular weight is 594 g/mol. The van der Waals surface area contributed by atoms with Crippen LogP contribution in [0.1, 0.15) is 12.8 Å². The second kappa shape index (κ2) is 12.0. The fourth-order valence-corrected chi connectivity index (χ4v) is 5.37. The van der Waals surface area contributed by atoms with Gasteiger partial charge in [-0.25, -0.2) is 9.37 Å². The van der Waals surface area contributed by atoms with Crippen molar-refractivity contribution in [3.05, 3.63) is 67.0 Å². The van der Waals surface area contributed by atoms with Gasteiger partial charge in [-0.15, -0.1) is 0 Å². The molecule has 1 saturated heterocycles. The first kappa shape index (κ1) is 27.9. The van der Waals surface area contributed by atoms with E-state index in [1.807, 2.05) is 37.2 Å². The first-order chi connectivity index (χ1) is 21.5. The molecule has 1 aromatic carbocycles. The van der Waals surface area contributed by atoms with E-state index in [1.54, 1.807) is 30.9 Å². The maximum Gasteiger partial charge on any atom is 0.159 e. The molecule has 0 amide bonds. The Labute approximate surface area is 252 Å². The van der Waals surface area contributed by atoms with Crippen LogP contribution in [0, 0.1) is 5.82 Å². The van der Waals surface area contributed by atoms with Crippen LogP contribution in [0.2, 0.25) is 0 Å². The Morgan fingerprint density at radius 3 is 2.66 bits per heavy atom. The number of fused-ring (bicyclic) bond motifs is 2. The van der Waals surface area contributed by atoms with Gasteiger partial charge in [0.05, 0.1) is 34.8 Å². The van der Waals surface area contributed by atoms with Gasteiger partial charge in [-0.05, 0) is 70.4 Å². The molecule has 0 unspecified atom stereocenters. The Kier molecular flexibility index (Phi) is 7.59. The number of aromatic amines is 2. The Hall–Kier alpha value is -4.94. The van der Waals surface area contributed by atoms with Crippen molar-refractivity contribution in [2.24, 2.45) is 0 Å². The maximum absolute atomic E-state index is 14.6. The summed E-state index contributed by atoms with van der Waals surface area (Å²) in [6.07, 6.45) is 9.05. The number of nitrogens with zero attached hydrogens (tertiary/aromatic N) is 6. The van der Waals surface area contributed by atoms with Gasteiger partial charge in [0.1, 0.15) is 41.2 Å². The molecule has 1 fully saturated rings. The lowest BCUT2D eigenvalue weighted by Gasteiger charge is -2.23. The zero-order valence-corrected chi connectivity index (χ0v) is 24.5. The molecule has 5 aromatic heterocycles. The lowest BCUT2D eigenvalue weighted by atomic mass is 10.1. The fraction of sp³-hybridized carbons (Fsp3) is 0.281. The number of H-pyrrole nitrogens is 2. The summed E-state index contributed by atoms with van der Waals surface area (Å²) in [6, 6.07) is 10.4. The molecule has 0 saturated carbocycles. The Morgan fingerprint density at radius 1 is 0.932 bits per heavy atom. The van der Waals surface area contributed by atoms with Gasteiger partial charge in [0.2, 0.25) is 0 Å². The topological polar surface area (TPSA) is 130 Å². The summed E-state index contributed by atoms with van der Waals surface area (Å²) in [7, 11) is 3.92. The van der Waals surface area contributed by atoms with E-state index in [4.69, 9.17) is 14.5 Å². The van der Waals surface area contributed by atoms with E-state index in [1.165, 1.54) is 12.1 Å². The van der Waals surface area contributed by atoms with Gasteiger partial charge in [-0.2, -0.15) is 5.10 Å². The normalized spacial score (nSPS) is 14.1. The molecule has 11 nitrogen and oxygen atoms in total. The SMILES string of the molecule is CN(C)CCOc1cc(F)cc(-c2nccc3[nH]c(-c4n[nH]c5cnc(-c6cncc(OC7CCNCC7)c6)cc45)nc23)c1. The number of ether oxygens (including phenoxy) is 2. The van der Waals surface area contributed by atoms with Crippen molar-refractivity contribution in [2.45, 2.75) is 18.9 Å². The molecule has 0 aliphatic carbocycles. The number of piperidine rings is 1. The Morgan fingerprint density at radius 2 is 1.80 bits per heavy atom. The predicted octanol–water partition coefficient (Wildman–Crippen LogP) is 4.84. The fourth-order valence-electron chi connectivity index (χ4n) is 5.37. The Bertz CT molecular complexity index is 1930. The molecular weight excluding hydrogens is 561 g/mol. The van der Waals surface area contributed by atoms with Crippen LogP contribution in [-0.2, 0) is 0 Å². The van der Waals surface area contributed by atoms with E-state index >= 15 is 0 Å². The number of rotatable bonds is 9. The van der Waals surface area contributed by atoms with Gasteiger partial charge in [0.25, 0.3) is 0 Å². The monoisotopic (exact) mass is 593 g/mol. The Balaban J connectivity index is 1.21. The highest BCUT2D eigenvalue weighted by Gasteiger charge is 2.19. The van der Waals surface area contributed by atoms with E-state index in [-0.39, 0.29) is 6.10 Å². The molecule has 6 heterocycles. The van der Waals surface area contributed by atoms with Crippen molar-refractivity contribution in [1.82, 2.24) is 45.3 Å². The van der Waals surface area contributed by atoms with Gasteiger partial charge in [0, 0.05) is 41.5 Å². The minimum atomic E-state index is -0.407. The number of hydrogen-bond acceptors (Lipinski definition) is 9. The van der Waals surface area contributed by atoms with Gasteiger partial charge >= 0.3 is 0 Å². The molecule has 7 rings (SSSR count).